The lowest BCUT2D eigenvalue weighted by atomic mass is 10.0. The Morgan fingerprint density at radius 3 is 2.93 bits per heavy atom. The number of hydrogen-bond donors (Lipinski definition) is 0. The molecule has 1 aromatic rings. The molecule has 0 aliphatic carbocycles. The minimum absolute atomic E-state index is 1.00. The molecule has 0 saturated carbocycles. The fourth-order valence-electron chi connectivity index (χ4n) is 1.46. The van der Waals surface area contributed by atoms with E-state index in [-0.39, 0.29) is 0 Å². The molecule has 0 spiro atoms. The number of aryl methyl sites for hydroxylation is 2. The summed E-state index contributed by atoms with van der Waals surface area (Å²) >= 11 is 0. The van der Waals surface area contributed by atoms with Crippen LogP contribution in [0.3, 0.4) is 0 Å². The van der Waals surface area contributed by atoms with Gasteiger partial charge in [-0.2, -0.15) is 10.2 Å². The Balaban J connectivity index is 2.97. The maximum absolute atomic E-state index is 4.19. The lowest BCUT2D eigenvalue weighted by molar-refractivity contribution is 0.755. The van der Waals surface area contributed by atoms with Crippen LogP contribution in [0, 0.1) is 6.92 Å². The number of unbranched alkanes of at least 4 members (excludes halogenated alkanes) is 1. The van der Waals surface area contributed by atoms with E-state index in [9.17, 15) is 0 Å². The zero-order valence-electron chi connectivity index (χ0n) is 9.53. The average Bonchev–Trinajstić information content (AvgIpc) is 2.25. The van der Waals surface area contributed by atoms with E-state index in [1.807, 2.05) is 6.08 Å². The smallest absolute Gasteiger partial charge is 0.0705 e. The van der Waals surface area contributed by atoms with Crippen molar-refractivity contribution in [2.75, 3.05) is 0 Å². The molecule has 1 aromatic heterocycles. The number of aromatic nitrogens is 2. The molecule has 1 rings (SSSR count). The van der Waals surface area contributed by atoms with Crippen molar-refractivity contribution in [2.45, 2.75) is 33.1 Å². The lowest BCUT2D eigenvalue weighted by Gasteiger charge is -2.05. The van der Waals surface area contributed by atoms with Crippen LogP contribution in [0.1, 0.15) is 36.6 Å². The van der Waals surface area contributed by atoms with Gasteiger partial charge in [-0.15, -0.1) is 0 Å². The summed E-state index contributed by atoms with van der Waals surface area (Å²) in [6.07, 6.45) is 10.9. The highest BCUT2D eigenvalue weighted by Gasteiger charge is 2.04. The Kier molecular flexibility index (Phi) is 4.75. The van der Waals surface area contributed by atoms with Crippen LogP contribution in [0.25, 0.3) is 6.08 Å². The molecule has 0 aromatic carbocycles. The monoisotopic (exact) mass is 202 g/mol. The first-order chi connectivity index (χ1) is 7.29. The van der Waals surface area contributed by atoms with Gasteiger partial charge in [0.2, 0.25) is 0 Å². The zero-order valence-corrected chi connectivity index (χ0v) is 9.53. The molecule has 2 heteroatoms. The number of hydrogen-bond acceptors (Lipinski definition) is 2. The first-order valence-electron chi connectivity index (χ1n) is 5.39. The fourth-order valence-corrected chi connectivity index (χ4v) is 1.46. The van der Waals surface area contributed by atoms with Gasteiger partial charge in [0.05, 0.1) is 11.9 Å². The van der Waals surface area contributed by atoms with Gasteiger partial charge in [0.1, 0.15) is 0 Å². The third-order valence-electron chi connectivity index (χ3n) is 2.33. The Bertz CT molecular complexity index is 354. The van der Waals surface area contributed by atoms with E-state index in [2.05, 4.69) is 36.7 Å². The Labute approximate surface area is 91.7 Å². The molecule has 1 heterocycles. The first-order valence-corrected chi connectivity index (χ1v) is 5.39. The van der Waals surface area contributed by atoms with Gasteiger partial charge in [-0.1, -0.05) is 38.2 Å². The maximum atomic E-state index is 4.19. The quantitative estimate of drug-likeness (QED) is 0.684. The SMILES string of the molecule is C=C/C=C\c1c(C)cnnc1CCCC. The minimum Gasteiger partial charge on any atom is -0.159 e. The largest absolute Gasteiger partial charge is 0.159 e. The van der Waals surface area contributed by atoms with Crippen molar-refractivity contribution < 1.29 is 0 Å². The summed E-state index contributed by atoms with van der Waals surface area (Å²) in [5, 5.41) is 8.19. The van der Waals surface area contributed by atoms with E-state index < -0.39 is 0 Å². The predicted octanol–water partition coefficient (Wildman–Crippen LogP) is 3.33. The van der Waals surface area contributed by atoms with E-state index in [0.717, 1.165) is 18.5 Å². The normalized spacial score (nSPS) is 10.8. The number of allylic oxidation sites excluding steroid dienone is 2. The third-order valence-corrected chi connectivity index (χ3v) is 2.33. The molecule has 0 aliphatic rings. The second-order valence-corrected chi connectivity index (χ2v) is 3.59. The molecular weight excluding hydrogens is 184 g/mol. The second-order valence-electron chi connectivity index (χ2n) is 3.59. The molecule has 0 fully saturated rings. The summed E-state index contributed by atoms with van der Waals surface area (Å²) in [4.78, 5) is 0. The molecular formula is C13H18N2. The topological polar surface area (TPSA) is 25.8 Å². The van der Waals surface area contributed by atoms with Crippen molar-refractivity contribution in [3.8, 4) is 0 Å². The van der Waals surface area contributed by atoms with Crippen molar-refractivity contribution in [1.82, 2.24) is 10.2 Å². The van der Waals surface area contributed by atoms with Crippen LogP contribution in [0.2, 0.25) is 0 Å². The van der Waals surface area contributed by atoms with Crippen molar-refractivity contribution in [1.29, 1.82) is 0 Å². The molecule has 0 saturated heterocycles. The molecule has 0 radical (unpaired) electrons. The van der Waals surface area contributed by atoms with Gasteiger partial charge in [-0.25, -0.2) is 0 Å². The molecule has 80 valence electrons. The molecule has 0 atom stereocenters. The molecule has 0 N–H and O–H groups in total. The van der Waals surface area contributed by atoms with Crippen molar-refractivity contribution >= 4 is 6.08 Å². The van der Waals surface area contributed by atoms with Crippen LogP contribution in [0.4, 0.5) is 0 Å². The van der Waals surface area contributed by atoms with Gasteiger partial charge in [0, 0.05) is 5.56 Å². The van der Waals surface area contributed by atoms with E-state index in [4.69, 9.17) is 0 Å². The third kappa shape index (κ3) is 3.31. The fraction of sp³-hybridized carbons (Fsp3) is 0.385. The van der Waals surface area contributed by atoms with Gasteiger partial charge >= 0.3 is 0 Å². The Hall–Kier alpha value is -1.44. The van der Waals surface area contributed by atoms with Crippen LogP contribution in [-0.2, 0) is 6.42 Å². The van der Waals surface area contributed by atoms with Crippen LogP contribution >= 0.6 is 0 Å². The molecule has 0 amide bonds. The van der Waals surface area contributed by atoms with E-state index in [0.29, 0.717) is 0 Å². The molecule has 0 aliphatic heterocycles. The summed E-state index contributed by atoms with van der Waals surface area (Å²) in [5.74, 6) is 0. The maximum Gasteiger partial charge on any atom is 0.0705 e. The molecule has 0 bridgehead atoms. The van der Waals surface area contributed by atoms with E-state index in [1.54, 1.807) is 12.3 Å². The summed E-state index contributed by atoms with van der Waals surface area (Å²) in [5.41, 5.74) is 3.46. The second kappa shape index (κ2) is 6.12. The van der Waals surface area contributed by atoms with Gasteiger partial charge in [0.15, 0.2) is 0 Å². The predicted molar refractivity (Wildman–Crippen MR) is 64.6 cm³/mol. The van der Waals surface area contributed by atoms with Gasteiger partial charge in [-0.3, -0.25) is 0 Å². The Morgan fingerprint density at radius 2 is 2.27 bits per heavy atom. The first kappa shape index (κ1) is 11.6. The molecule has 0 unspecified atom stereocenters. The zero-order chi connectivity index (χ0) is 11.1. The lowest BCUT2D eigenvalue weighted by Crippen LogP contribution is -1.99. The highest BCUT2D eigenvalue weighted by Crippen LogP contribution is 2.14. The van der Waals surface area contributed by atoms with E-state index in [1.165, 1.54) is 17.5 Å². The van der Waals surface area contributed by atoms with Crippen LogP contribution in [-0.4, -0.2) is 10.2 Å². The number of rotatable bonds is 5. The van der Waals surface area contributed by atoms with Crippen molar-refractivity contribution in [3.05, 3.63) is 41.7 Å². The van der Waals surface area contributed by atoms with E-state index >= 15 is 0 Å². The standard InChI is InChI=1S/C13H18N2/c1-4-6-8-12-11(3)10-14-15-13(12)9-7-5-2/h4,6,8,10H,1,5,7,9H2,2-3H3/b8-6-. The summed E-state index contributed by atoms with van der Waals surface area (Å²) < 4.78 is 0. The Morgan fingerprint density at radius 1 is 1.47 bits per heavy atom. The molecule has 2 nitrogen and oxygen atoms in total. The summed E-state index contributed by atoms with van der Waals surface area (Å²) in [6.45, 7) is 7.92. The number of nitrogens with zero attached hydrogens (tertiary/aromatic N) is 2. The van der Waals surface area contributed by atoms with Crippen molar-refractivity contribution in [3.63, 3.8) is 0 Å². The highest BCUT2D eigenvalue weighted by atomic mass is 15.1. The van der Waals surface area contributed by atoms with Crippen molar-refractivity contribution in [2.24, 2.45) is 0 Å². The van der Waals surface area contributed by atoms with Gasteiger partial charge < -0.3 is 0 Å². The highest BCUT2D eigenvalue weighted by molar-refractivity contribution is 5.56. The van der Waals surface area contributed by atoms with Gasteiger partial charge in [0.25, 0.3) is 0 Å². The molecule has 15 heavy (non-hydrogen) atoms. The minimum atomic E-state index is 1.00. The van der Waals surface area contributed by atoms with Gasteiger partial charge in [-0.05, 0) is 25.3 Å². The van der Waals surface area contributed by atoms with Crippen LogP contribution in [0.15, 0.2) is 24.9 Å². The average molecular weight is 202 g/mol. The summed E-state index contributed by atoms with van der Waals surface area (Å²) in [7, 11) is 0. The summed E-state index contributed by atoms with van der Waals surface area (Å²) in [6, 6.07) is 0. The van der Waals surface area contributed by atoms with Crippen LogP contribution in [0.5, 0.6) is 0 Å². The van der Waals surface area contributed by atoms with Crippen LogP contribution < -0.4 is 0 Å².